The highest BCUT2D eigenvalue weighted by atomic mass is 32.1. The molecular weight excluding hydrogens is 889 g/mol. The zero-order chi connectivity index (χ0) is 49.2. The third kappa shape index (κ3) is 17.3. The lowest BCUT2D eigenvalue weighted by molar-refractivity contribution is 0.305. The lowest BCUT2D eigenvalue weighted by Crippen LogP contribution is -2.00. The first-order valence-corrected chi connectivity index (χ1v) is 30.7. The van der Waals surface area contributed by atoms with Gasteiger partial charge in [-0.2, -0.15) is 0 Å². The van der Waals surface area contributed by atoms with Gasteiger partial charge >= 0.3 is 0 Å². The largest absolute Gasteiger partial charge is 0.494 e. The molecule has 0 aliphatic carbocycles. The van der Waals surface area contributed by atoms with Gasteiger partial charge < -0.3 is 4.74 Å². The second-order valence-corrected chi connectivity index (χ2v) is 23.3. The number of thiophene rings is 2. The number of fused-ring (bicyclic) bond motifs is 2. The lowest BCUT2D eigenvalue weighted by Gasteiger charge is -2.15. The SMILES string of the molecule is CCCCCCCCCCCCCCCc1c(C)sc2c(CCCCCCCCCCCCCCC)c(-c3ccc(C)c4nc(-c5ccc(OCCCCCC)cc5)c(-c5ccc(C)cc5)nc34)sc12. The summed E-state index contributed by atoms with van der Waals surface area (Å²) in [7, 11) is 0. The molecule has 0 unspecified atom stereocenters. The maximum Gasteiger partial charge on any atom is 0.119 e. The van der Waals surface area contributed by atoms with E-state index in [1.165, 1.54) is 219 Å². The van der Waals surface area contributed by atoms with E-state index in [-0.39, 0.29) is 0 Å². The third-order valence-electron chi connectivity index (χ3n) is 15.0. The summed E-state index contributed by atoms with van der Waals surface area (Å²) in [6.45, 7) is 14.4. The van der Waals surface area contributed by atoms with E-state index in [1.807, 2.05) is 0 Å². The number of rotatable bonds is 37. The normalized spacial score (nSPS) is 11.7. The Morgan fingerprint density at radius 1 is 0.400 bits per heavy atom. The van der Waals surface area contributed by atoms with Crippen LogP contribution in [0.5, 0.6) is 5.75 Å². The van der Waals surface area contributed by atoms with Crippen LogP contribution >= 0.6 is 22.7 Å². The van der Waals surface area contributed by atoms with Gasteiger partial charge in [0.15, 0.2) is 0 Å². The molecule has 5 heteroatoms. The fourth-order valence-corrected chi connectivity index (χ4v) is 13.5. The molecule has 3 nitrogen and oxygen atoms in total. The Bertz CT molecular complexity index is 2370. The number of nitrogens with zero attached hydrogens (tertiary/aromatic N) is 2. The molecule has 6 aromatic rings. The highest BCUT2D eigenvalue weighted by Crippen LogP contribution is 2.48. The standard InChI is InChI=1S/C65H94N2OS2/c1-7-10-13-16-18-20-22-24-26-28-30-32-34-37-56-52(6)69-65-58(38-35-33-31-29-27-25-23-21-19-17-14-11-8-2)63(70-64(56)65)57-48-41-51(5)59-62(57)67-61(53-42-39-50(4)40-43-53)60(66-59)54-44-46-55(47-45-54)68-49-36-15-12-9-3/h39-48H,7-38,49H2,1-6H3. The molecule has 0 saturated heterocycles. The van der Waals surface area contributed by atoms with Crippen molar-refractivity contribution in [1.82, 2.24) is 9.97 Å². The predicted molar refractivity (Wildman–Crippen MR) is 312 cm³/mol. The van der Waals surface area contributed by atoms with E-state index in [9.17, 15) is 0 Å². The third-order valence-corrected chi connectivity index (χ3v) is 17.6. The quantitative estimate of drug-likeness (QED) is 0.0365. The van der Waals surface area contributed by atoms with E-state index in [0.29, 0.717) is 0 Å². The van der Waals surface area contributed by atoms with Crippen molar-refractivity contribution in [2.45, 2.75) is 247 Å². The fraction of sp³-hybridized carbons (Fsp3) is 0.600. The second kappa shape index (κ2) is 31.8. The Hall–Kier alpha value is -3.54. The molecule has 0 amide bonds. The summed E-state index contributed by atoms with van der Waals surface area (Å²) >= 11 is 4.14. The maximum absolute atomic E-state index is 6.18. The van der Waals surface area contributed by atoms with Gasteiger partial charge in [-0.1, -0.05) is 236 Å². The number of ether oxygens (including phenoxy) is 1. The summed E-state index contributed by atoms with van der Waals surface area (Å²) < 4.78 is 9.27. The van der Waals surface area contributed by atoms with Gasteiger partial charge in [0.1, 0.15) is 5.75 Å². The first-order chi connectivity index (χ1) is 34.4. The van der Waals surface area contributed by atoms with Gasteiger partial charge in [0, 0.05) is 35.8 Å². The Morgan fingerprint density at radius 3 is 1.31 bits per heavy atom. The first kappa shape index (κ1) is 55.8. The topological polar surface area (TPSA) is 35.0 Å². The molecule has 3 aromatic heterocycles. The molecule has 0 spiro atoms. The van der Waals surface area contributed by atoms with Crippen LogP contribution in [0.25, 0.3) is 53.4 Å². The molecule has 0 aliphatic rings. The lowest BCUT2D eigenvalue weighted by atomic mass is 9.98. The second-order valence-electron chi connectivity index (χ2n) is 21.0. The van der Waals surface area contributed by atoms with Crippen LogP contribution in [0.15, 0.2) is 60.7 Å². The molecule has 382 valence electrons. The number of hydrogen-bond donors (Lipinski definition) is 0. The number of unbranched alkanes of at least 4 members (excludes halogenated alkanes) is 27. The van der Waals surface area contributed by atoms with Crippen LogP contribution < -0.4 is 4.74 Å². The van der Waals surface area contributed by atoms with Crippen molar-refractivity contribution in [3.05, 3.63) is 87.8 Å². The van der Waals surface area contributed by atoms with Crippen molar-refractivity contribution in [3.8, 4) is 38.7 Å². The van der Waals surface area contributed by atoms with Crippen molar-refractivity contribution in [2.24, 2.45) is 0 Å². The number of aryl methyl sites for hydroxylation is 5. The first-order valence-electron chi connectivity index (χ1n) is 29.1. The van der Waals surface area contributed by atoms with Gasteiger partial charge in [-0.3, -0.25) is 0 Å². The fourth-order valence-electron chi connectivity index (χ4n) is 10.5. The van der Waals surface area contributed by atoms with Crippen molar-refractivity contribution in [2.75, 3.05) is 6.61 Å². The molecule has 0 fully saturated rings. The summed E-state index contributed by atoms with van der Waals surface area (Å²) in [6.07, 6.45) is 43.2. The minimum Gasteiger partial charge on any atom is -0.494 e. The average molecular weight is 984 g/mol. The van der Waals surface area contributed by atoms with Crippen LogP contribution in [-0.2, 0) is 12.8 Å². The molecule has 70 heavy (non-hydrogen) atoms. The molecule has 0 bridgehead atoms. The molecule has 0 N–H and O–H groups in total. The van der Waals surface area contributed by atoms with Gasteiger partial charge in [0.05, 0.1) is 29.0 Å². The Labute approximate surface area is 435 Å². The van der Waals surface area contributed by atoms with Gasteiger partial charge in [-0.25, -0.2) is 9.97 Å². The molecule has 0 atom stereocenters. The molecular formula is C65H94N2OS2. The Kier molecular flexibility index (Phi) is 25.3. The van der Waals surface area contributed by atoms with Gasteiger partial charge in [0.2, 0.25) is 0 Å². The Morgan fingerprint density at radius 2 is 0.814 bits per heavy atom. The van der Waals surface area contributed by atoms with E-state index in [0.717, 1.165) is 58.7 Å². The van der Waals surface area contributed by atoms with Crippen molar-refractivity contribution in [1.29, 1.82) is 0 Å². The molecule has 3 aromatic carbocycles. The molecule has 0 aliphatic heterocycles. The summed E-state index contributed by atoms with van der Waals surface area (Å²) in [6, 6.07) is 22.1. The van der Waals surface area contributed by atoms with E-state index in [1.54, 1.807) is 20.5 Å². The van der Waals surface area contributed by atoms with Crippen molar-refractivity contribution in [3.63, 3.8) is 0 Å². The highest BCUT2D eigenvalue weighted by Gasteiger charge is 2.24. The average Bonchev–Trinajstić information content (AvgIpc) is 3.87. The highest BCUT2D eigenvalue weighted by molar-refractivity contribution is 7.30. The summed E-state index contributed by atoms with van der Waals surface area (Å²) in [4.78, 5) is 14.3. The van der Waals surface area contributed by atoms with Crippen LogP contribution in [0.2, 0.25) is 0 Å². The maximum atomic E-state index is 6.18. The molecule has 0 saturated carbocycles. The zero-order valence-corrected chi connectivity index (χ0v) is 46.9. The van der Waals surface area contributed by atoms with Gasteiger partial charge in [-0.05, 0) is 93.8 Å². The van der Waals surface area contributed by atoms with Gasteiger partial charge in [-0.15, -0.1) is 22.7 Å². The van der Waals surface area contributed by atoms with Crippen molar-refractivity contribution >= 4 is 43.1 Å². The van der Waals surface area contributed by atoms with E-state index < -0.39 is 0 Å². The molecule has 6 rings (SSSR count). The zero-order valence-electron chi connectivity index (χ0n) is 45.2. The van der Waals surface area contributed by atoms with E-state index in [2.05, 4.69) is 125 Å². The van der Waals surface area contributed by atoms with E-state index in [4.69, 9.17) is 14.7 Å². The molecule has 3 heterocycles. The van der Waals surface area contributed by atoms with Crippen molar-refractivity contribution < 1.29 is 4.74 Å². The minimum atomic E-state index is 0.758. The number of hydrogen-bond acceptors (Lipinski definition) is 5. The van der Waals surface area contributed by atoms with E-state index >= 15 is 0 Å². The minimum absolute atomic E-state index is 0.758. The number of benzene rings is 3. The van der Waals surface area contributed by atoms with Gasteiger partial charge in [0.25, 0.3) is 0 Å². The number of aromatic nitrogens is 2. The monoisotopic (exact) mass is 983 g/mol. The smallest absolute Gasteiger partial charge is 0.119 e. The van der Waals surface area contributed by atoms with Crippen LogP contribution in [0.1, 0.15) is 241 Å². The molecule has 0 radical (unpaired) electrons. The Balaban J connectivity index is 1.23. The van der Waals surface area contributed by atoms with Crippen LogP contribution in [0, 0.1) is 20.8 Å². The summed E-state index contributed by atoms with van der Waals surface area (Å²) in [5, 5.41) is 0. The summed E-state index contributed by atoms with van der Waals surface area (Å²) in [5.41, 5.74) is 12.9. The predicted octanol–water partition coefficient (Wildman–Crippen LogP) is 22.1. The summed E-state index contributed by atoms with van der Waals surface area (Å²) in [5.74, 6) is 0.918. The van der Waals surface area contributed by atoms with Crippen LogP contribution in [-0.4, -0.2) is 16.6 Å². The van der Waals surface area contributed by atoms with Crippen LogP contribution in [0.3, 0.4) is 0 Å². The van der Waals surface area contributed by atoms with Crippen LogP contribution in [0.4, 0.5) is 0 Å².